The Kier molecular flexibility index (Phi) is 8.33. The zero-order chi connectivity index (χ0) is 23.3. The molecule has 2 aliphatic heterocycles. The van der Waals surface area contributed by atoms with Crippen molar-refractivity contribution < 1.29 is 13.2 Å². The average molecular weight is 463 g/mol. The maximum atomic E-state index is 12.9. The number of unbranched alkanes of at least 4 members (excludes halogenated alkanes) is 1. The molecular formula is C24H38N4O3S. The molecule has 178 valence electrons. The monoisotopic (exact) mass is 462 g/mol. The van der Waals surface area contributed by atoms with E-state index in [2.05, 4.69) is 33.8 Å². The molecule has 0 aliphatic carbocycles. The number of benzene rings is 1. The van der Waals surface area contributed by atoms with E-state index in [0.29, 0.717) is 12.1 Å². The lowest BCUT2D eigenvalue weighted by Gasteiger charge is -2.34. The molecule has 7 nitrogen and oxygen atoms in total. The van der Waals surface area contributed by atoms with Gasteiger partial charge in [0, 0.05) is 25.2 Å². The molecule has 2 aliphatic rings. The van der Waals surface area contributed by atoms with E-state index in [1.54, 1.807) is 24.3 Å². The van der Waals surface area contributed by atoms with Crippen LogP contribution in [0.4, 0.5) is 0 Å². The molecule has 0 saturated carbocycles. The van der Waals surface area contributed by atoms with Crippen molar-refractivity contribution in [3.8, 4) is 0 Å². The second-order valence-electron chi connectivity index (χ2n) is 9.61. The maximum Gasteiger partial charge on any atom is 0.263 e. The van der Waals surface area contributed by atoms with Gasteiger partial charge in [-0.25, -0.2) is 8.42 Å². The third-order valence-electron chi connectivity index (χ3n) is 6.53. The van der Waals surface area contributed by atoms with Crippen molar-refractivity contribution in [2.24, 2.45) is 22.7 Å². The summed E-state index contributed by atoms with van der Waals surface area (Å²) in [6.07, 6.45) is 4.06. The van der Waals surface area contributed by atoms with Crippen molar-refractivity contribution in [3.63, 3.8) is 0 Å². The minimum atomic E-state index is -3.62. The highest BCUT2D eigenvalue weighted by molar-refractivity contribution is 7.90. The zero-order valence-corrected chi connectivity index (χ0v) is 20.6. The molecule has 3 rings (SSSR count). The number of likely N-dealkylation sites (tertiary alicyclic amines) is 1. The summed E-state index contributed by atoms with van der Waals surface area (Å²) in [5, 5.41) is 3.03. The Morgan fingerprint density at radius 3 is 2.59 bits per heavy atom. The number of rotatable bonds is 9. The summed E-state index contributed by atoms with van der Waals surface area (Å²) in [6.45, 7) is 12.6. The van der Waals surface area contributed by atoms with Gasteiger partial charge in [-0.05, 0) is 55.7 Å². The number of carbonyl (C=O) groups excluding carboxylic acids is 1. The van der Waals surface area contributed by atoms with E-state index >= 15 is 0 Å². The Morgan fingerprint density at radius 1 is 1.22 bits per heavy atom. The number of fused-ring (bicyclic) bond motifs is 1. The molecule has 2 heterocycles. The van der Waals surface area contributed by atoms with Gasteiger partial charge < -0.3 is 10.2 Å². The molecule has 1 amide bonds. The second-order valence-corrected chi connectivity index (χ2v) is 11.3. The topological polar surface area (TPSA) is 90.9 Å². The van der Waals surface area contributed by atoms with Crippen LogP contribution >= 0.6 is 0 Å². The van der Waals surface area contributed by atoms with Crippen molar-refractivity contribution in [3.05, 3.63) is 29.8 Å². The lowest BCUT2D eigenvalue weighted by molar-refractivity contribution is -0.123. The number of aliphatic imine (C=N–C) groups is 1. The van der Waals surface area contributed by atoms with Gasteiger partial charge in [0.2, 0.25) is 5.91 Å². The summed E-state index contributed by atoms with van der Waals surface area (Å²) in [5.41, 5.74) is 0.526. The van der Waals surface area contributed by atoms with Gasteiger partial charge in [-0.2, -0.15) is 0 Å². The smallest absolute Gasteiger partial charge is 0.263 e. The quantitative estimate of drug-likeness (QED) is 0.552. The van der Waals surface area contributed by atoms with Crippen LogP contribution in [0.25, 0.3) is 0 Å². The molecular weight excluding hydrogens is 424 g/mol. The molecule has 1 aromatic carbocycles. The van der Waals surface area contributed by atoms with Crippen LogP contribution in [0.5, 0.6) is 0 Å². The molecule has 8 heteroatoms. The molecule has 0 bridgehead atoms. The summed E-state index contributed by atoms with van der Waals surface area (Å²) in [6, 6.07) is 6.11. The summed E-state index contributed by atoms with van der Waals surface area (Å²) < 4.78 is 27.3. The summed E-state index contributed by atoms with van der Waals surface area (Å²) >= 11 is 0. The molecule has 1 aromatic rings. The molecule has 1 saturated heterocycles. The number of amidine groups is 1. The number of nitrogens with one attached hydrogen (secondary N) is 2. The third kappa shape index (κ3) is 6.10. The number of nitrogens with zero attached hydrogens (tertiary/aromatic N) is 2. The Balaban J connectivity index is 1.56. The van der Waals surface area contributed by atoms with Gasteiger partial charge in [-0.3, -0.25) is 14.5 Å². The number of hydrogen-bond acceptors (Lipinski definition) is 5. The molecule has 2 unspecified atom stereocenters. The van der Waals surface area contributed by atoms with Gasteiger partial charge in [0.15, 0.2) is 0 Å². The van der Waals surface area contributed by atoms with E-state index < -0.39 is 16.1 Å². The minimum Gasteiger partial charge on any atom is -0.354 e. The minimum absolute atomic E-state index is 0.00362. The van der Waals surface area contributed by atoms with E-state index in [4.69, 9.17) is 0 Å². The van der Waals surface area contributed by atoms with E-state index in [0.717, 1.165) is 37.6 Å². The van der Waals surface area contributed by atoms with Crippen LogP contribution < -0.4 is 10.0 Å². The van der Waals surface area contributed by atoms with Gasteiger partial charge in [0.05, 0.1) is 4.90 Å². The second kappa shape index (κ2) is 10.8. The van der Waals surface area contributed by atoms with Crippen molar-refractivity contribution >= 4 is 21.8 Å². The highest BCUT2D eigenvalue weighted by Gasteiger charge is 2.33. The molecule has 2 N–H and O–H groups in total. The van der Waals surface area contributed by atoms with Gasteiger partial charge in [-0.15, -0.1) is 0 Å². The number of carbonyl (C=O) groups is 1. The standard InChI is InChI=1S/C24H38N4O3S/c1-5-19(4)22(26-23-20-10-6-7-11-21(20)32(30,31)27-23)24(29)25-12-8-9-13-28-15-17(2)14-18(3)16-28/h6-7,10-11,17-19,22H,5,8-9,12-16H2,1-4H3,(H,25,29)(H,26,27)/t17?,18?,19-,22-/m0/s1. The fourth-order valence-corrected chi connectivity index (χ4v) is 6.03. The Labute approximate surface area is 193 Å². The number of sulfonamides is 1. The van der Waals surface area contributed by atoms with Crippen LogP contribution in [0, 0.1) is 17.8 Å². The Bertz CT molecular complexity index is 921. The molecule has 0 spiro atoms. The van der Waals surface area contributed by atoms with Crippen LogP contribution in [0.3, 0.4) is 0 Å². The first-order chi connectivity index (χ1) is 15.2. The molecule has 4 atom stereocenters. The van der Waals surface area contributed by atoms with E-state index in [1.807, 2.05) is 13.8 Å². The average Bonchev–Trinajstić information content (AvgIpc) is 3.00. The van der Waals surface area contributed by atoms with E-state index in [1.165, 1.54) is 19.5 Å². The first kappa shape index (κ1) is 24.7. The summed E-state index contributed by atoms with van der Waals surface area (Å²) in [7, 11) is -3.62. The fraction of sp³-hybridized carbons (Fsp3) is 0.667. The lowest BCUT2D eigenvalue weighted by atomic mass is 9.92. The van der Waals surface area contributed by atoms with E-state index in [-0.39, 0.29) is 22.6 Å². The summed E-state index contributed by atoms with van der Waals surface area (Å²) in [4.78, 5) is 20.3. The molecule has 32 heavy (non-hydrogen) atoms. The SMILES string of the molecule is CC[C@H](C)[C@H](N=C1NS(=O)(=O)c2ccccc21)C(=O)NCCCCN1CC(C)CC(C)C1. The van der Waals surface area contributed by atoms with Gasteiger partial charge in [0.1, 0.15) is 11.9 Å². The van der Waals surface area contributed by atoms with Gasteiger partial charge in [0.25, 0.3) is 10.0 Å². The van der Waals surface area contributed by atoms with E-state index in [9.17, 15) is 13.2 Å². The number of amides is 1. The molecule has 1 fully saturated rings. The maximum absolute atomic E-state index is 12.9. The highest BCUT2D eigenvalue weighted by Crippen LogP contribution is 2.24. The fourth-order valence-electron chi connectivity index (χ4n) is 4.79. The molecule has 0 aromatic heterocycles. The van der Waals surface area contributed by atoms with Crippen LogP contribution in [-0.4, -0.2) is 57.3 Å². The largest absolute Gasteiger partial charge is 0.354 e. The van der Waals surface area contributed by atoms with Crippen LogP contribution in [0.2, 0.25) is 0 Å². The van der Waals surface area contributed by atoms with Crippen LogP contribution in [0.1, 0.15) is 58.9 Å². The first-order valence-electron chi connectivity index (χ1n) is 11.9. The number of piperidine rings is 1. The predicted molar refractivity (Wildman–Crippen MR) is 128 cm³/mol. The van der Waals surface area contributed by atoms with Crippen molar-refractivity contribution in [2.45, 2.75) is 64.3 Å². The van der Waals surface area contributed by atoms with Crippen molar-refractivity contribution in [1.82, 2.24) is 14.9 Å². The first-order valence-corrected chi connectivity index (χ1v) is 13.4. The van der Waals surface area contributed by atoms with Gasteiger partial charge >= 0.3 is 0 Å². The van der Waals surface area contributed by atoms with Gasteiger partial charge in [-0.1, -0.05) is 46.2 Å². The van der Waals surface area contributed by atoms with Crippen LogP contribution in [0.15, 0.2) is 34.2 Å². The number of hydrogen-bond donors (Lipinski definition) is 2. The van der Waals surface area contributed by atoms with Crippen molar-refractivity contribution in [2.75, 3.05) is 26.2 Å². The van der Waals surface area contributed by atoms with Crippen molar-refractivity contribution in [1.29, 1.82) is 0 Å². The highest BCUT2D eigenvalue weighted by atomic mass is 32.2. The summed E-state index contributed by atoms with van der Waals surface area (Å²) in [5.74, 6) is 1.63. The Morgan fingerprint density at radius 2 is 1.91 bits per heavy atom. The predicted octanol–water partition coefficient (Wildman–Crippen LogP) is 3.01. The lowest BCUT2D eigenvalue weighted by Crippen LogP contribution is -2.40. The van der Waals surface area contributed by atoms with Crippen LogP contribution in [-0.2, 0) is 14.8 Å². The normalized spacial score (nSPS) is 25.7. The Hall–Kier alpha value is -1.93. The zero-order valence-electron chi connectivity index (χ0n) is 19.8. The molecule has 0 radical (unpaired) electrons. The third-order valence-corrected chi connectivity index (χ3v) is 7.92.